The van der Waals surface area contributed by atoms with Gasteiger partial charge in [0.1, 0.15) is 0 Å². The Hall–Kier alpha value is -2.43. The number of urea groups is 2. The van der Waals surface area contributed by atoms with E-state index < -0.39 is 22.1 Å². The first-order valence-electron chi connectivity index (χ1n) is 7.94. The van der Waals surface area contributed by atoms with E-state index in [0.29, 0.717) is 4.31 Å². The number of carbonyl (C=O) groups is 2. The molecule has 0 radical (unpaired) electrons. The van der Waals surface area contributed by atoms with Gasteiger partial charge in [-0.1, -0.05) is 0 Å². The molecule has 0 atom stereocenters. The van der Waals surface area contributed by atoms with Crippen LogP contribution in [-0.4, -0.2) is 65.4 Å². The first kappa shape index (κ1) is 17.4. The van der Waals surface area contributed by atoms with Gasteiger partial charge in [0.25, 0.3) is 5.56 Å². The van der Waals surface area contributed by atoms with E-state index in [1.807, 2.05) is 0 Å². The van der Waals surface area contributed by atoms with Crippen LogP contribution in [0.3, 0.4) is 0 Å². The Morgan fingerprint density at radius 1 is 1.28 bits per heavy atom. The molecule has 2 heterocycles. The number of nitrogens with zero attached hydrogens (tertiary/aromatic N) is 4. The average Bonchev–Trinajstić information content (AvgIpc) is 3.12. The number of hydrogen-bond acceptors (Lipinski definition) is 6. The number of aryl methyl sites for hydroxylation is 2. The predicted octanol–water partition coefficient (Wildman–Crippen LogP) is -0.861. The second-order valence-corrected chi connectivity index (χ2v) is 7.94. The fourth-order valence-corrected chi connectivity index (χ4v) is 3.77. The van der Waals surface area contributed by atoms with Gasteiger partial charge in [-0.05, 0) is 24.8 Å². The summed E-state index contributed by atoms with van der Waals surface area (Å²) < 4.78 is 24.8. The molecule has 1 N–H and O–H groups in total. The van der Waals surface area contributed by atoms with E-state index in [2.05, 4.69) is 10.4 Å². The lowest BCUT2D eigenvalue weighted by Gasteiger charge is -2.16. The molecule has 1 aliphatic heterocycles. The van der Waals surface area contributed by atoms with Gasteiger partial charge in [-0.15, -0.1) is 0 Å². The highest BCUT2D eigenvalue weighted by Gasteiger charge is 2.37. The summed E-state index contributed by atoms with van der Waals surface area (Å²) in [6, 6.07) is 0.0173. The molecule has 1 aromatic rings. The molecular formula is C14H19N5O5S. The second kappa shape index (κ2) is 6.47. The Kier molecular flexibility index (Phi) is 4.50. The van der Waals surface area contributed by atoms with Crippen LogP contribution in [0.2, 0.25) is 0 Å². The molecule has 11 heteroatoms. The van der Waals surface area contributed by atoms with Crippen molar-refractivity contribution in [3.8, 4) is 0 Å². The Labute approximate surface area is 144 Å². The van der Waals surface area contributed by atoms with Gasteiger partial charge in [0, 0.05) is 12.6 Å². The maximum atomic E-state index is 12.1. The summed E-state index contributed by atoms with van der Waals surface area (Å²) in [7, 11) is -3.69. The van der Waals surface area contributed by atoms with Crippen LogP contribution in [-0.2, 0) is 29.4 Å². The highest BCUT2D eigenvalue weighted by Crippen LogP contribution is 2.16. The van der Waals surface area contributed by atoms with Crippen molar-refractivity contribution < 1.29 is 18.0 Å². The van der Waals surface area contributed by atoms with Crippen LogP contribution in [0.1, 0.15) is 17.7 Å². The normalized spacial score (nSPS) is 17.1. The lowest BCUT2D eigenvalue weighted by Crippen LogP contribution is -2.45. The van der Waals surface area contributed by atoms with Gasteiger partial charge in [0.15, 0.2) is 0 Å². The van der Waals surface area contributed by atoms with E-state index in [-0.39, 0.29) is 31.7 Å². The Morgan fingerprint density at radius 2 is 2.04 bits per heavy atom. The van der Waals surface area contributed by atoms with Crippen LogP contribution < -0.4 is 10.9 Å². The number of aromatic nitrogens is 2. The van der Waals surface area contributed by atoms with Crippen molar-refractivity contribution in [3.63, 3.8) is 0 Å². The first-order valence-corrected chi connectivity index (χ1v) is 9.79. The molecule has 4 amide bonds. The molecule has 1 aromatic heterocycles. The fourth-order valence-electron chi connectivity index (χ4n) is 2.98. The van der Waals surface area contributed by atoms with Crippen LogP contribution in [0, 0.1) is 0 Å². The predicted molar refractivity (Wildman–Crippen MR) is 87.6 cm³/mol. The largest absolute Gasteiger partial charge is 0.341 e. The lowest BCUT2D eigenvalue weighted by atomic mass is 10.2. The number of imide groups is 1. The van der Waals surface area contributed by atoms with Gasteiger partial charge >= 0.3 is 12.1 Å². The maximum Gasteiger partial charge on any atom is 0.341 e. The zero-order valence-corrected chi connectivity index (χ0v) is 14.6. The van der Waals surface area contributed by atoms with Crippen LogP contribution >= 0.6 is 0 Å². The minimum Gasteiger partial charge on any atom is -0.336 e. The number of nitrogens with one attached hydrogen (secondary N) is 1. The molecule has 1 fully saturated rings. The van der Waals surface area contributed by atoms with Crippen LogP contribution in [0.5, 0.6) is 0 Å². The number of hydrogen-bond donors (Lipinski definition) is 1. The lowest BCUT2D eigenvalue weighted by molar-refractivity contribution is 0.193. The van der Waals surface area contributed by atoms with Gasteiger partial charge in [-0.25, -0.2) is 31.9 Å². The SMILES string of the molecule is CS(=O)(=O)N1CCN(C(=O)NCCn2nc3c(cc2=O)CCC3)C1=O. The van der Waals surface area contributed by atoms with Crippen molar-refractivity contribution >= 4 is 22.1 Å². The Morgan fingerprint density at radius 3 is 2.72 bits per heavy atom. The monoisotopic (exact) mass is 369 g/mol. The average molecular weight is 369 g/mol. The minimum atomic E-state index is -3.69. The minimum absolute atomic E-state index is 0.00518. The molecule has 136 valence electrons. The summed E-state index contributed by atoms with van der Waals surface area (Å²) in [5.74, 6) is 0. The van der Waals surface area contributed by atoms with Crippen molar-refractivity contribution in [3.05, 3.63) is 27.7 Å². The Bertz CT molecular complexity index is 878. The van der Waals surface area contributed by atoms with E-state index in [1.165, 1.54) is 4.68 Å². The van der Waals surface area contributed by atoms with E-state index >= 15 is 0 Å². The van der Waals surface area contributed by atoms with Crippen molar-refractivity contribution in [1.82, 2.24) is 24.3 Å². The second-order valence-electron chi connectivity index (χ2n) is 6.03. The smallest absolute Gasteiger partial charge is 0.336 e. The zero-order valence-electron chi connectivity index (χ0n) is 13.8. The van der Waals surface area contributed by atoms with Crippen molar-refractivity contribution in [2.45, 2.75) is 25.8 Å². The third-order valence-corrected chi connectivity index (χ3v) is 5.38. The molecule has 1 saturated heterocycles. The number of carbonyl (C=O) groups excluding carboxylic acids is 2. The van der Waals surface area contributed by atoms with Crippen LogP contribution in [0.25, 0.3) is 0 Å². The summed E-state index contributed by atoms with van der Waals surface area (Å²) in [5.41, 5.74) is 1.66. The Balaban J connectivity index is 1.57. The van der Waals surface area contributed by atoms with Crippen molar-refractivity contribution in [2.24, 2.45) is 0 Å². The zero-order chi connectivity index (χ0) is 18.2. The molecular weight excluding hydrogens is 350 g/mol. The number of rotatable bonds is 4. The van der Waals surface area contributed by atoms with Crippen molar-refractivity contribution in [1.29, 1.82) is 0 Å². The molecule has 0 unspecified atom stereocenters. The summed E-state index contributed by atoms with van der Waals surface area (Å²) in [4.78, 5) is 36.8. The first-order chi connectivity index (χ1) is 11.8. The summed E-state index contributed by atoms with van der Waals surface area (Å²) in [6.07, 6.45) is 3.60. The molecule has 3 rings (SSSR count). The standard InChI is InChI=1S/C14H19N5O5S/c1-25(23,24)19-8-7-17(14(19)22)13(21)15-5-6-18-12(20)9-10-3-2-4-11(10)16-18/h9H,2-8H2,1H3,(H,15,21). The fraction of sp³-hybridized carbons (Fsp3) is 0.571. The van der Waals surface area contributed by atoms with E-state index in [1.54, 1.807) is 6.07 Å². The van der Waals surface area contributed by atoms with Gasteiger partial charge in [-0.2, -0.15) is 5.10 Å². The van der Waals surface area contributed by atoms with Gasteiger partial charge in [-0.3, -0.25) is 4.79 Å². The van der Waals surface area contributed by atoms with Crippen LogP contribution in [0.15, 0.2) is 10.9 Å². The maximum absolute atomic E-state index is 12.1. The van der Waals surface area contributed by atoms with Gasteiger partial charge in [0.05, 0.1) is 31.6 Å². The topological polar surface area (TPSA) is 122 Å². The molecule has 0 saturated carbocycles. The molecule has 0 aromatic carbocycles. The van der Waals surface area contributed by atoms with Crippen molar-refractivity contribution in [2.75, 3.05) is 25.9 Å². The molecule has 0 spiro atoms. The highest BCUT2D eigenvalue weighted by molar-refractivity contribution is 7.88. The number of amides is 4. The quantitative estimate of drug-likeness (QED) is 0.737. The summed E-state index contributed by atoms with van der Waals surface area (Å²) >= 11 is 0. The highest BCUT2D eigenvalue weighted by atomic mass is 32.2. The molecule has 0 bridgehead atoms. The third kappa shape index (κ3) is 3.50. The third-order valence-electron chi connectivity index (χ3n) is 4.24. The van der Waals surface area contributed by atoms with E-state index in [0.717, 1.165) is 41.7 Å². The number of fused-ring (bicyclic) bond motifs is 1. The molecule has 2 aliphatic rings. The van der Waals surface area contributed by atoms with E-state index in [9.17, 15) is 22.8 Å². The molecule has 25 heavy (non-hydrogen) atoms. The van der Waals surface area contributed by atoms with Gasteiger partial charge < -0.3 is 5.32 Å². The molecule has 10 nitrogen and oxygen atoms in total. The number of sulfonamides is 1. The van der Waals surface area contributed by atoms with Crippen LogP contribution in [0.4, 0.5) is 9.59 Å². The van der Waals surface area contributed by atoms with E-state index in [4.69, 9.17) is 0 Å². The summed E-state index contributed by atoms with van der Waals surface area (Å²) in [5, 5.41) is 6.81. The summed E-state index contributed by atoms with van der Waals surface area (Å²) in [6.45, 7) is 0.217. The molecule has 1 aliphatic carbocycles. The van der Waals surface area contributed by atoms with Gasteiger partial charge in [0.2, 0.25) is 10.0 Å².